The van der Waals surface area contributed by atoms with E-state index in [0.29, 0.717) is 19.3 Å². The first-order valence-corrected chi connectivity index (χ1v) is 3.69. The molecule has 0 aliphatic heterocycles. The minimum Gasteiger partial charge on any atom is -0.300 e. The van der Waals surface area contributed by atoms with Crippen molar-refractivity contribution >= 4 is 11.6 Å². The Labute approximate surface area is 70.4 Å². The summed E-state index contributed by atoms with van der Waals surface area (Å²) in [6, 6.07) is 0. The largest absolute Gasteiger partial charge is 0.300 e. The van der Waals surface area contributed by atoms with Gasteiger partial charge in [0, 0.05) is 17.8 Å². The molecular formula is C7H11N3O2. The molecule has 0 N–H and O–H groups in total. The summed E-state index contributed by atoms with van der Waals surface area (Å²) >= 11 is 0. The van der Waals surface area contributed by atoms with Gasteiger partial charge >= 0.3 is 0 Å². The van der Waals surface area contributed by atoms with Crippen molar-refractivity contribution in [1.29, 1.82) is 0 Å². The summed E-state index contributed by atoms with van der Waals surface area (Å²) in [5, 5.41) is 3.12. The SMILES string of the molecule is CC(=O)CCCC(=O)CN=[N+]=[N-]. The number of hydrogen-bond acceptors (Lipinski definition) is 3. The molecule has 0 amide bonds. The van der Waals surface area contributed by atoms with E-state index >= 15 is 0 Å². The summed E-state index contributed by atoms with van der Waals surface area (Å²) in [5.41, 5.74) is 7.88. The second-order valence-electron chi connectivity index (χ2n) is 2.48. The third-order valence-corrected chi connectivity index (χ3v) is 1.29. The standard InChI is InChI=1S/C7H11N3O2/c1-6(11)3-2-4-7(12)5-9-10-8/h2-5H2,1H3. The number of carbonyl (C=O) groups excluding carboxylic acids is 2. The van der Waals surface area contributed by atoms with Crippen molar-refractivity contribution in [2.45, 2.75) is 26.2 Å². The molecule has 0 unspecified atom stereocenters. The zero-order valence-electron chi connectivity index (χ0n) is 6.99. The molecule has 66 valence electrons. The summed E-state index contributed by atoms with van der Waals surface area (Å²) < 4.78 is 0. The molecule has 0 radical (unpaired) electrons. The topological polar surface area (TPSA) is 82.9 Å². The van der Waals surface area contributed by atoms with Gasteiger partial charge in [0.1, 0.15) is 11.6 Å². The highest BCUT2D eigenvalue weighted by Gasteiger charge is 2.00. The van der Waals surface area contributed by atoms with Crippen LogP contribution in [-0.4, -0.2) is 18.1 Å². The van der Waals surface area contributed by atoms with E-state index in [9.17, 15) is 9.59 Å². The molecule has 0 saturated carbocycles. The minimum atomic E-state index is -0.117. The third kappa shape index (κ3) is 6.77. The van der Waals surface area contributed by atoms with Crippen LogP contribution in [0.2, 0.25) is 0 Å². The minimum absolute atomic E-state index is 0.0755. The Morgan fingerprint density at radius 1 is 1.42 bits per heavy atom. The fourth-order valence-corrected chi connectivity index (χ4v) is 0.724. The predicted molar refractivity (Wildman–Crippen MR) is 43.6 cm³/mol. The van der Waals surface area contributed by atoms with Crippen molar-refractivity contribution in [3.05, 3.63) is 10.4 Å². The first-order chi connectivity index (χ1) is 5.66. The lowest BCUT2D eigenvalue weighted by Crippen LogP contribution is -2.02. The van der Waals surface area contributed by atoms with E-state index in [0.717, 1.165) is 0 Å². The molecule has 0 saturated heterocycles. The van der Waals surface area contributed by atoms with Gasteiger partial charge in [0.05, 0.1) is 6.54 Å². The van der Waals surface area contributed by atoms with Crippen molar-refractivity contribution in [3.63, 3.8) is 0 Å². The van der Waals surface area contributed by atoms with Gasteiger partial charge in [0.15, 0.2) is 0 Å². The molecule has 0 bridgehead atoms. The van der Waals surface area contributed by atoms with Crippen LogP contribution in [0.15, 0.2) is 5.11 Å². The zero-order chi connectivity index (χ0) is 9.40. The van der Waals surface area contributed by atoms with E-state index in [1.54, 1.807) is 0 Å². The Balaban J connectivity index is 3.44. The summed E-state index contributed by atoms with van der Waals surface area (Å²) in [4.78, 5) is 23.7. The molecule has 0 aliphatic carbocycles. The zero-order valence-corrected chi connectivity index (χ0v) is 6.99. The van der Waals surface area contributed by atoms with Gasteiger partial charge in [-0.25, -0.2) is 0 Å². The summed E-state index contributed by atoms with van der Waals surface area (Å²) in [7, 11) is 0. The van der Waals surface area contributed by atoms with Crippen LogP contribution in [0.3, 0.4) is 0 Å². The van der Waals surface area contributed by atoms with E-state index in [1.807, 2.05) is 0 Å². The van der Waals surface area contributed by atoms with Gasteiger partial charge < -0.3 is 4.79 Å². The number of rotatable bonds is 6. The highest BCUT2D eigenvalue weighted by Crippen LogP contribution is 1.97. The molecule has 0 spiro atoms. The van der Waals surface area contributed by atoms with Crippen LogP contribution < -0.4 is 0 Å². The molecular weight excluding hydrogens is 158 g/mol. The number of hydrogen-bond donors (Lipinski definition) is 0. The first kappa shape index (κ1) is 10.7. The maximum atomic E-state index is 10.8. The van der Waals surface area contributed by atoms with Gasteiger partial charge in [-0.2, -0.15) is 0 Å². The van der Waals surface area contributed by atoms with E-state index < -0.39 is 0 Å². The molecule has 5 nitrogen and oxygen atoms in total. The van der Waals surface area contributed by atoms with Crippen molar-refractivity contribution in [3.8, 4) is 0 Å². The van der Waals surface area contributed by atoms with Crippen molar-refractivity contribution in [2.75, 3.05) is 6.54 Å². The lowest BCUT2D eigenvalue weighted by atomic mass is 10.1. The second kappa shape index (κ2) is 6.37. The second-order valence-corrected chi connectivity index (χ2v) is 2.48. The van der Waals surface area contributed by atoms with Gasteiger partial charge in [-0.1, -0.05) is 5.11 Å². The summed E-state index contributed by atoms with van der Waals surface area (Å²) in [6.45, 7) is 1.38. The average molecular weight is 169 g/mol. The Morgan fingerprint density at radius 3 is 2.58 bits per heavy atom. The quantitative estimate of drug-likeness (QED) is 0.344. The first-order valence-electron chi connectivity index (χ1n) is 3.69. The van der Waals surface area contributed by atoms with E-state index in [4.69, 9.17) is 5.53 Å². The highest BCUT2D eigenvalue weighted by molar-refractivity contribution is 5.81. The van der Waals surface area contributed by atoms with Crippen LogP contribution in [0, 0.1) is 0 Å². The Kier molecular flexibility index (Phi) is 5.65. The molecule has 0 aromatic rings. The third-order valence-electron chi connectivity index (χ3n) is 1.29. The Bertz CT molecular complexity index is 219. The van der Waals surface area contributed by atoms with Gasteiger partial charge in [0.25, 0.3) is 0 Å². The fraction of sp³-hybridized carbons (Fsp3) is 0.714. The Hall–Kier alpha value is -1.35. The van der Waals surface area contributed by atoms with Gasteiger partial charge in [0.2, 0.25) is 0 Å². The molecule has 0 atom stereocenters. The average Bonchev–Trinajstić information content (AvgIpc) is 2.00. The lowest BCUT2D eigenvalue weighted by molar-refractivity contribution is -0.118. The molecule has 0 aromatic carbocycles. The van der Waals surface area contributed by atoms with Gasteiger partial charge in [-0.3, -0.25) is 4.79 Å². The van der Waals surface area contributed by atoms with E-state index in [-0.39, 0.29) is 18.1 Å². The fourth-order valence-electron chi connectivity index (χ4n) is 0.724. The number of carbonyl (C=O) groups is 2. The van der Waals surface area contributed by atoms with Crippen molar-refractivity contribution in [2.24, 2.45) is 5.11 Å². The number of ketones is 2. The van der Waals surface area contributed by atoms with Crippen LogP contribution in [0.25, 0.3) is 10.4 Å². The van der Waals surface area contributed by atoms with Gasteiger partial charge in [-0.05, 0) is 18.9 Å². The molecule has 0 heterocycles. The molecule has 0 aromatic heterocycles. The van der Waals surface area contributed by atoms with Crippen LogP contribution >= 0.6 is 0 Å². The van der Waals surface area contributed by atoms with Crippen LogP contribution in [0.5, 0.6) is 0 Å². The maximum absolute atomic E-state index is 10.8. The molecule has 0 fully saturated rings. The maximum Gasteiger partial charge on any atom is 0.138 e. The molecule has 5 heteroatoms. The van der Waals surface area contributed by atoms with E-state index in [1.165, 1.54) is 6.92 Å². The smallest absolute Gasteiger partial charge is 0.138 e. The lowest BCUT2D eigenvalue weighted by Gasteiger charge is -1.93. The number of Topliss-reactive ketones (excluding diaryl/α,β-unsaturated/α-hetero) is 2. The van der Waals surface area contributed by atoms with Crippen LogP contribution in [-0.2, 0) is 9.59 Å². The summed E-state index contributed by atoms with van der Waals surface area (Å²) in [6.07, 6.45) is 1.29. The van der Waals surface area contributed by atoms with E-state index in [2.05, 4.69) is 10.0 Å². The van der Waals surface area contributed by atoms with Crippen LogP contribution in [0.4, 0.5) is 0 Å². The number of nitrogens with zero attached hydrogens (tertiary/aromatic N) is 3. The van der Waals surface area contributed by atoms with Crippen molar-refractivity contribution < 1.29 is 9.59 Å². The normalized spacial score (nSPS) is 8.75. The number of azide groups is 1. The molecule has 0 aliphatic rings. The van der Waals surface area contributed by atoms with Crippen molar-refractivity contribution in [1.82, 2.24) is 0 Å². The summed E-state index contributed by atoms with van der Waals surface area (Å²) in [5.74, 6) is -0.0411. The Morgan fingerprint density at radius 2 is 2.08 bits per heavy atom. The molecule has 12 heavy (non-hydrogen) atoms. The highest BCUT2D eigenvalue weighted by atomic mass is 16.1. The van der Waals surface area contributed by atoms with Crippen LogP contribution in [0.1, 0.15) is 26.2 Å². The van der Waals surface area contributed by atoms with Gasteiger partial charge in [-0.15, -0.1) is 0 Å². The molecule has 0 rings (SSSR count). The predicted octanol–water partition coefficient (Wildman–Crippen LogP) is 1.63. The monoisotopic (exact) mass is 169 g/mol.